The lowest BCUT2D eigenvalue weighted by Gasteiger charge is -2.36. The molecule has 0 atom stereocenters. The molecule has 1 fully saturated rings. The lowest BCUT2D eigenvalue weighted by atomic mass is 9.79. The lowest BCUT2D eigenvalue weighted by molar-refractivity contribution is 0.0757. The first-order chi connectivity index (χ1) is 14.5. The summed E-state index contributed by atoms with van der Waals surface area (Å²) in [4.78, 5) is 24.7. The summed E-state index contributed by atoms with van der Waals surface area (Å²) in [5, 5.41) is 18.8. The third-order valence-electron chi connectivity index (χ3n) is 5.24. The van der Waals surface area contributed by atoms with Gasteiger partial charge in [0.15, 0.2) is 0 Å². The Hall–Kier alpha value is -2.61. The molecule has 8 heteroatoms. The molecule has 4 N–H and O–H groups in total. The number of anilines is 1. The Morgan fingerprint density at radius 2 is 1.87 bits per heavy atom. The number of carbonyl (C=O) groups excluding carboxylic acids is 2. The normalized spacial score (nSPS) is 15.3. The fourth-order valence-corrected chi connectivity index (χ4v) is 3.62. The van der Waals surface area contributed by atoms with Gasteiger partial charge in [0.2, 0.25) is 0 Å². The molecule has 160 valence electrons. The molecule has 0 bridgehead atoms. The highest BCUT2D eigenvalue weighted by atomic mass is 35.5. The van der Waals surface area contributed by atoms with Crippen LogP contribution in [0.4, 0.5) is 10.5 Å². The molecule has 2 aromatic rings. The van der Waals surface area contributed by atoms with Crippen LogP contribution in [-0.2, 0) is 11.3 Å². The topological polar surface area (TPSA) is 99.7 Å². The van der Waals surface area contributed by atoms with E-state index in [1.54, 1.807) is 12.1 Å². The van der Waals surface area contributed by atoms with Gasteiger partial charge in [0.25, 0.3) is 5.91 Å². The third kappa shape index (κ3) is 6.19. The predicted octanol–water partition coefficient (Wildman–Crippen LogP) is 3.18. The monoisotopic (exact) mass is 431 g/mol. The summed E-state index contributed by atoms with van der Waals surface area (Å²) >= 11 is 6.13. The van der Waals surface area contributed by atoms with Gasteiger partial charge in [-0.25, -0.2) is 4.79 Å². The number of piperidine rings is 1. The molecule has 0 aliphatic carbocycles. The molecule has 0 aromatic heterocycles. The first kappa shape index (κ1) is 22.1. The van der Waals surface area contributed by atoms with E-state index < -0.39 is 6.09 Å². The molecular formula is C22H26ClN3O4. The summed E-state index contributed by atoms with van der Waals surface area (Å²) < 4.78 is 5.20. The molecule has 2 aromatic carbocycles. The van der Waals surface area contributed by atoms with Crippen LogP contribution in [-0.4, -0.2) is 43.3 Å². The van der Waals surface area contributed by atoms with Crippen molar-refractivity contribution in [3.8, 4) is 0 Å². The highest BCUT2D eigenvalue weighted by Gasteiger charge is 2.31. The summed E-state index contributed by atoms with van der Waals surface area (Å²) in [6.07, 6.45) is 0.945. The van der Waals surface area contributed by atoms with Crippen LogP contribution in [0.15, 0.2) is 48.5 Å². The molecule has 7 nitrogen and oxygen atoms in total. The average Bonchev–Trinajstić information content (AvgIpc) is 2.77. The molecular weight excluding hydrogens is 406 g/mol. The van der Waals surface area contributed by atoms with Crippen molar-refractivity contribution < 1.29 is 19.4 Å². The fraction of sp³-hybridized carbons (Fsp3) is 0.364. The molecule has 0 saturated carbocycles. The van der Waals surface area contributed by atoms with E-state index in [-0.39, 0.29) is 24.5 Å². The van der Waals surface area contributed by atoms with Crippen LogP contribution in [0.2, 0.25) is 5.02 Å². The Kier molecular flexibility index (Phi) is 7.68. The van der Waals surface area contributed by atoms with Crippen molar-refractivity contribution in [3.63, 3.8) is 0 Å². The van der Waals surface area contributed by atoms with Gasteiger partial charge in [-0.2, -0.15) is 0 Å². The molecule has 1 aliphatic rings. The van der Waals surface area contributed by atoms with Gasteiger partial charge in [0.05, 0.1) is 6.61 Å². The van der Waals surface area contributed by atoms with Crippen LogP contribution in [0.5, 0.6) is 0 Å². The molecule has 2 amide bonds. The highest BCUT2D eigenvalue weighted by Crippen LogP contribution is 2.27. The van der Waals surface area contributed by atoms with E-state index in [9.17, 15) is 14.7 Å². The number of halogens is 1. The van der Waals surface area contributed by atoms with Crippen LogP contribution in [0, 0.1) is 5.41 Å². The van der Waals surface area contributed by atoms with Crippen molar-refractivity contribution in [3.05, 3.63) is 64.7 Å². The fourth-order valence-electron chi connectivity index (χ4n) is 3.39. The van der Waals surface area contributed by atoms with Crippen molar-refractivity contribution >= 4 is 29.3 Å². The quantitative estimate of drug-likeness (QED) is 0.539. The second-order valence-electron chi connectivity index (χ2n) is 7.51. The van der Waals surface area contributed by atoms with E-state index in [2.05, 4.69) is 16.0 Å². The summed E-state index contributed by atoms with van der Waals surface area (Å²) in [7, 11) is 0. The summed E-state index contributed by atoms with van der Waals surface area (Å²) in [6.45, 7) is 2.15. The van der Waals surface area contributed by atoms with E-state index >= 15 is 0 Å². The third-order valence-corrected chi connectivity index (χ3v) is 5.46. The van der Waals surface area contributed by atoms with Gasteiger partial charge in [-0.3, -0.25) is 10.1 Å². The van der Waals surface area contributed by atoms with Crippen LogP contribution >= 0.6 is 11.6 Å². The summed E-state index contributed by atoms with van der Waals surface area (Å²) in [5.41, 5.74) is 1.24. The molecule has 30 heavy (non-hydrogen) atoms. The Balaban J connectivity index is 1.58. The number of aliphatic hydroxyl groups excluding tert-OH is 1. The number of carbonyl (C=O) groups is 2. The van der Waals surface area contributed by atoms with Gasteiger partial charge in [-0.15, -0.1) is 0 Å². The van der Waals surface area contributed by atoms with Gasteiger partial charge < -0.3 is 20.5 Å². The Labute approximate surface area is 180 Å². The van der Waals surface area contributed by atoms with E-state index in [1.165, 1.54) is 6.07 Å². The van der Waals surface area contributed by atoms with Crippen molar-refractivity contribution in [1.82, 2.24) is 10.6 Å². The Morgan fingerprint density at radius 3 is 2.57 bits per heavy atom. The number of ether oxygens (including phenoxy) is 1. The smallest absolute Gasteiger partial charge is 0.411 e. The average molecular weight is 432 g/mol. The zero-order chi connectivity index (χ0) is 21.4. The highest BCUT2D eigenvalue weighted by molar-refractivity contribution is 6.31. The molecule has 0 unspecified atom stereocenters. The lowest BCUT2D eigenvalue weighted by Crippen LogP contribution is -2.46. The number of hydrogen-bond acceptors (Lipinski definition) is 5. The molecule has 0 radical (unpaired) electrons. The van der Waals surface area contributed by atoms with Crippen molar-refractivity contribution in [1.29, 1.82) is 0 Å². The summed E-state index contributed by atoms with van der Waals surface area (Å²) in [6, 6.07) is 13.9. The second kappa shape index (κ2) is 10.4. The van der Waals surface area contributed by atoms with Gasteiger partial charge in [-0.05, 0) is 49.7 Å². The van der Waals surface area contributed by atoms with Gasteiger partial charge in [-0.1, -0.05) is 41.9 Å². The van der Waals surface area contributed by atoms with Gasteiger partial charge >= 0.3 is 6.09 Å². The van der Waals surface area contributed by atoms with E-state index in [4.69, 9.17) is 16.3 Å². The van der Waals surface area contributed by atoms with Gasteiger partial charge in [0.1, 0.15) is 6.61 Å². The number of hydrogen-bond donors (Lipinski definition) is 4. The molecule has 0 spiro atoms. The number of aliphatic hydroxyl groups is 1. The van der Waals surface area contributed by atoms with Crippen molar-refractivity contribution in [2.75, 3.05) is 31.6 Å². The van der Waals surface area contributed by atoms with Gasteiger partial charge in [0, 0.05) is 28.2 Å². The minimum atomic E-state index is -0.638. The predicted molar refractivity (Wildman–Crippen MR) is 116 cm³/mol. The SMILES string of the molecule is O=C(Nc1cc(Cl)cc(C(=O)NCC2(CO)CCNCC2)c1)OCc1ccccc1. The van der Waals surface area contributed by atoms with Crippen LogP contribution in [0.25, 0.3) is 0 Å². The second-order valence-corrected chi connectivity index (χ2v) is 7.94. The Bertz CT molecular complexity index is 870. The van der Waals surface area contributed by atoms with E-state index in [0.29, 0.717) is 22.8 Å². The van der Waals surface area contributed by atoms with Crippen LogP contribution in [0.1, 0.15) is 28.8 Å². The van der Waals surface area contributed by atoms with Crippen LogP contribution < -0.4 is 16.0 Å². The first-order valence-corrected chi connectivity index (χ1v) is 10.3. The zero-order valence-electron chi connectivity index (χ0n) is 16.6. The Morgan fingerprint density at radius 1 is 1.13 bits per heavy atom. The van der Waals surface area contributed by atoms with E-state index in [0.717, 1.165) is 31.5 Å². The number of nitrogens with one attached hydrogen (secondary N) is 3. The molecule has 1 saturated heterocycles. The minimum absolute atomic E-state index is 0.0184. The maximum absolute atomic E-state index is 12.6. The standard InChI is InChI=1S/C22H26ClN3O4/c23-18-10-17(20(28)25-14-22(15-27)6-8-24-9-7-22)11-19(12-18)26-21(29)30-13-16-4-2-1-3-5-16/h1-5,10-12,24,27H,6-9,13-15H2,(H,25,28)(H,26,29). The maximum atomic E-state index is 12.6. The molecule has 1 aliphatic heterocycles. The first-order valence-electron chi connectivity index (χ1n) is 9.88. The molecule has 3 rings (SSSR count). The van der Waals surface area contributed by atoms with E-state index in [1.807, 2.05) is 30.3 Å². The minimum Gasteiger partial charge on any atom is -0.444 e. The van der Waals surface area contributed by atoms with Crippen molar-refractivity contribution in [2.45, 2.75) is 19.4 Å². The maximum Gasteiger partial charge on any atom is 0.411 e. The van der Waals surface area contributed by atoms with Crippen LogP contribution in [0.3, 0.4) is 0 Å². The number of benzene rings is 2. The molecule has 1 heterocycles. The number of rotatable bonds is 7. The van der Waals surface area contributed by atoms with Crippen molar-refractivity contribution in [2.24, 2.45) is 5.41 Å². The largest absolute Gasteiger partial charge is 0.444 e. The summed E-state index contributed by atoms with van der Waals surface area (Å²) in [5.74, 6) is -0.315. The number of amides is 2. The zero-order valence-corrected chi connectivity index (χ0v) is 17.4.